The summed E-state index contributed by atoms with van der Waals surface area (Å²) in [7, 11) is 0. The number of aliphatic carboxylic acids is 1. The van der Waals surface area contributed by atoms with Crippen LogP contribution in [0.15, 0.2) is 54.6 Å². The lowest BCUT2D eigenvalue weighted by Gasteiger charge is -2.72. The first-order valence-electron chi connectivity index (χ1n) is 18.0. The van der Waals surface area contributed by atoms with E-state index in [0.717, 1.165) is 74.2 Å². The van der Waals surface area contributed by atoms with Crippen LogP contribution in [0.1, 0.15) is 106 Å². The maximum absolute atomic E-state index is 13.4. The summed E-state index contributed by atoms with van der Waals surface area (Å²) >= 11 is 0. The number of hydrogen-bond donors (Lipinski definition) is 2. The molecule has 0 saturated heterocycles. The number of carboxylic acid groups (broad SMARTS) is 1. The Balaban J connectivity index is 1.13. The van der Waals surface area contributed by atoms with E-state index in [2.05, 4.69) is 65.6 Å². The molecule has 0 aromatic heterocycles. The van der Waals surface area contributed by atoms with Gasteiger partial charge in [0.25, 0.3) is 0 Å². The number of fused-ring (bicyclic) bond motifs is 8. The summed E-state index contributed by atoms with van der Waals surface area (Å²) in [5.41, 5.74) is 1.67. The fourth-order valence-electron chi connectivity index (χ4n) is 13.3. The normalized spacial score (nSPS) is 42.6. The van der Waals surface area contributed by atoms with Gasteiger partial charge in [0.1, 0.15) is 6.10 Å². The Hall–Kier alpha value is -2.82. The molecule has 5 nitrogen and oxygen atoms in total. The van der Waals surface area contributed by atoms with Gasteiger partial charge in [0, 0.05) is 10.8 Å². The van der Waals surface area contributed by atoms with E-state index in [1.807, 2.05) is 30.3 Å². The zero-order valence-electron chi connectivity index (χ0n) is 29.0. The molecule has 248 valence electrons. The van der Waals surface area contributed by atoms with Gasteiger partial charge in [-0.05, 0) is 128 Å². The van der Waals surface area contributed by atoms with Crippen LogP contribution in [0, 0.1) is 56.7 Å². The predicted molar refractivity (Wildman–Crippen MR) is 184 cm³/mol. The van der Waals surface area contributed by atoms with Gasteiger partial charge < -0.3 is 9.84 Å². The van der Waals surface area contributed by atoms with Crippen LogP contribution in [0.5, 0.6) is 0 Å². The molecule has 5 aliphatic rings. The van der Waals surface area contributed by atoms with Crippen LogP contribution in [-0.4, -0.2) is 23.3 Å². The molecule has 2 aromatic carbocycles. The first-order chi connectivity index (χ1) is 21.7. The summed E-state index contributed by atoms with van der Waals surface area (Å²) in [5.74, 6) is 1.42. The highest BCUT2D eigenvalue weighted by Crippen LogP contribution is 2.77. The first kappa shape index (κ1) is 31.8. The molecule has 0 bridgehead atoms. The van der Waals surface area contributed by atoms with Crippen LogP contribution in [0.25, 0.3) is 10.8 Å². The van der Waals surface area contributed by atoms with Crippen LogP contribution >= 0.6 is 0 Å². The minimum atomic E-state index is -0.581. The number of ether oxygens (including phenoxy) is 1. The second-order valence-electron chi connectivity index (χ2n) is 17.6. The van der Waals surface area contributed by atoms with Crippen molar-refractivity contribution in [3.63, 3.8) is 0 Å². The molecule has 5 aliphatic carbocycles. The summed E-state index contributed by atoms with van der Waals surface area (Å²) < 4.78 is 6.32. The van der Waals surface area contributed by atoms with Crippen molar-refractivity contribution in [2.75, 3.05) is 5.32 Å². The van der Waals surface area contributed by atoms with Crippen molar-refractivity contribution in [3.8, 4) is 0 Å². The third-order valence-corrected chi connectivity index (χ3v) is 15.7. The molecule has 2 aromatic rings. The van der Waals surface area contributed by atoms with Crippen LogP contribution in [-0.2, 0) is 9.53 Å². The molecule has 0 radical (unpaired) electrons. The number of nitrogens with one attached hydrogen (secondary N) is 1. The van der Waals surface area contributed by atoms with Crippen LogP contribution in [0.4, 0.5) is 10.5 Å². The lowest BCUT2D eigenvalue weighted by molar-refractivity contribution is -0.247. The number of hydrogen-bond acceptors (Lipinski definition) is 3. The van der Waals surface area contributed by atoms with E-state index in [9.17, 15) is 14.7 Å². The molecule has 5 fully saturated rings. The zero-order valence-corrected chi connectivity index (χ0v) is 29.0. The third kappa shape index (κ3) is 4.24. The number of benzene rings is 2. The molecule has 1 amide bonds. The zero-order chi connectivity index (χ0) is 32.9. The minimum absolute atomic E-state index is 0.112. The fraction of sp³-hybridized carbons (Fsp3) is 0.659. The standard InChI is InChI=1S/C41H55NO4/c1-25(2)27-17-22-41(35(43)44)24-23-39(6)29(34(27)41)15-16-32-38(5)20-19-33(37(3,4)31(38)18-21-40(32,39)7)46-36(45)42-30-14-10-12-26-11-8-9-13-28(26)30/h8-14,27,29,31-34H,1,15-24H2,2-7H3,(H,42,45)(H,43,44)/t27-,29+,31-,32+,33-,34+,38-,39+,40+,41-/m0/s1. The van der Waals surface area contributed by atoms with Crippen molar-refractivity contribution < 1.29 is 19.4 Å². The van der Waals surface area contributed by atoms with Gasteiger partial charge in [0.05, 0.1) is 11.1 Å². The average molecular weight is 626 g/mol. The molecular weight excluding hydrogens is 570 g/mol. The Morgan fingerprint density at radius 2 is 1.57 bits per heavy atom. The van der Waals surface area contributed by atoms with Gasteiger partial charge in [-0.15, -0.1) is 0 Å². The molecule has 10 atom stereocenters. The van der Waals surface area contributed by atoms with Gasteiger partial charge in [-0.3, -0.25) is 10.1 Å². The van der Waals surface area contributed by atoms with Crippen LogP contribution in [0.2, 0.25) is 0 Å². The van der Waals surface area contributed by atoms with Gasteiger partial charge in [-0.25, -0.2) is 4.79 Å². The van der Waals surface area contributed by atoms with Crippen LogP contribution in [0.3, 0.4) is 0 Å². The highest BCUT2D eigenvalue weighted by Gasteiger charge is 2.72. The highest BCUT2D eigenvalue weighted by atomic mass is 16.6. The first-order valence-corrected chi connectivity index (χ1v) is 18.0. The van der Waals surface area contributed by atoms with Crippen LogP contribution < -0.4 is 5.32 Å². The quantitative estimate of drug-likeness (QED) is 0.332. The Morgan fingerprint density at radius 1 is 0.826 bits per heavy atom. The monoisotopic (exact) mass is 625 g/mol. The maximum atomic E-state index is 13.4. The number of anilines is 1. The number of allylic oxidation sites excluding steroid dienone is 1. The topological polar surface area (TPSA) is 75.6 Å². The smallest absolute Gasteiger partial charge is 0.411 e. The highest BCUT2D eigenvalue weighted by molar-refractivity contribution is 6.00. The summed E-state index contributed by atoms with van der Waals surface area (Å²) in [6.07, 6.45) is 9.61. The van der Waals surface area contributed by atoms with Crippen molar-refractivity contribution in [1.29, 1.82) is 0 Å². The molecule has 0 aliphatic heterocycles. The lowest BCUT2D eigenvalue weighted by atomic mass is 9.32. The van der Waals surface area contributed by atoms with E-state index in [0.29, 0.717) is 23.7 Å². The SMILES string of the molecule is C=C(C)[C@@H]1CC[C@]2(C(=O)O)CC[C@]3(C)[C@H](CC[C@@H]4[C@@]5(C)CC[C@H](OC(=O)Nc6cccc7ccccc67)C(C)(C)[C@@H]5CC[C@]43C)[C@@H]12. The van der Waals surface area contributed by atoms with Gasteiger partial charge in [0.15, 0.2) is 0 Å². The van der Waals surface area contributed by atoms with E-state index in [-0.39, 0.29) is 39.8 Å². The largest absolute Gasteiger partial charge is 0.481 e. The molecule has 2 N–H and O–H groups in total. The number of rotatable bonds is 4. The molecule has 0 heterocycles. The Bertz CT molecular complexity index is 1570. The summed E-state index contributed by atoms with van der Waals surface area (Å²) in [5, 5.41) is 15.9. The van der Waals surface area contributed by atoms with Gasteiger partial charge in [-0.2, -0.15) is 0 Å². The lowest BCUT2D eigenvalue weighted by Crippen LogP contribution is -2.67. The van der Waals surface area contributed by atoms with Crippen molar-refractivity contribution in [2.24, 2.45) is 56.7 Å². The van der Waals surface area contributed by atoms with Crippen molar-refractivity contribution in [2.45, 2.75) is 112 Å². The van der Waals surface area contributed by atoms with E-state index < -0.39 is 11.4 Å². The van der Waals surface area contributed by atoms with Crippen molar-refractivity contribution in [1.82, 2.24) is 0 Å². The molecule has 5 saturated carbocycles. The summed E-state index contributed by atoms with van der Waals surface area (Å²) in [6, 6.07) is 14.1. The number of carboxylic acids is 1. The summed E-state index contributed by atoms with van der Waals surface area (Å²) in [4.78, 5) is 26.4. The maximum Gasteiger partial charge on any atom is 0.411 e. The fourth-order valence-corrected chi connectivity index (χ4v) is 13.3. The molecule has 0 spiro atoms. The summed E-state index contributed by atoms with van der Waals surface area (Å²) in [6.45, 7) is 18.9. The van der Waals surface area contributed by atoms with Crippen molar-refractivity contribution >= 4 is 28.5 Å². The Labute approximate surface area is 275 Å². The van der Waals surface area contributed by atoms with E-state index in [1.165, 1.54) is 12.0 Å². The Morgan fingerprint density at radius 3 is 2.30 bits per heavy atom. The van der Waals surface area contributed by atoms with Gasteiger partial charge in [-0.1, -0.05) is 83.2 Å². The van der Waals surface area contributed by atoms with E-state index in [1.54, 1.807) is 0 Å². The molecular formula is C41H55NO4. The number of amides is 1. The average Bonchev–Trinajstić information content (AvgIpc) is 3.41. The number of carbonyl (C=O) groups excluding carboxylic acids is 1. The van der Waals surface area contributed by atoms with Gasteiger partial charge >= 0.3 is 12.1 Å². The molecule has 5 heteroatoms. The van der Waals surface area contributed by atoms with Crippen molar-refractivity contribution in [3.05, 3.63) is 54.6 Å². The van der Waals surface area contributed by atoms with E-state index in [4.69, 9.17) is 4.74 Å². The number of carbonyl (C=O) groups is 2. The van der Waals surface area contributed by atoms with Gasteiger partial charge in [0.2, 0.25) is 0 Å². The second-order valence-corrected chi connectivity index (χ2v) is 17.6. The van der Waals surface area contributed by atoms with E-state index >= 15 is 0 Å². The molecule has 7 rings (SSSR count). The minimum Gasteiger partial charge on any atom is -0.481 e. The Kier molecular flexibility index (Phi) is 7.31. The second kappa shape index (κ2) is 10.6. The molecule has 46 heavy (non-hydrogen) atoms. The third-order valence-electron chi connectivity index (χ3n) is 15.7. The predicted octanol–water partition coefficient (Wildman–Crippen LogP) is 10.5. The molecule has 0 unspecified atom stereocenters.